The second kappa shape index (κ2) is 12.0. The number of amides is 3. The molecule has 182 valence electrons. The lowest BCUT2D eigenvalue weighted by atomic mass is 9.92. The lowest BCUT2D eigenvalue weighted by Crippen LogP contribution is -2.52. The van der Waals surface area contributed by atoms with Crippen molar-refractivity contribution >= 4 is 23.9 Å². The minimum atomic E-state index is -1.31. The molecule has 2 aliphatic heterocycles. The molecule has 0 spiro atoms. The molecule has 0 radical (unpaired) electrons. The Morgan fingerprint density at radius 3 is 2.47 bits per heavy atom. The van der Waals surface area contributed by atoms with Gasteiger partial charge in [0.1, 0.15) is 11.6 Å². The van der Waals surface area contributed by atoms with Crippen LogP contribution in [0.2, 0.25) is 0 Å². The number of carbonyl (C=O) groups is 4. The zero-order valence-corrected chi connectivity index (χ0v) is 19.4. The van der Waals surface area contributed by atoms with Gasteiger partial charge in [0.2, 0.25) is 11.8 Å². The van der Waals surface area contributed by atoms with Crippen molar-refractivity contribution in [1.82, 2.24) is 20.9 Å². The number of likely N-dealkylation sites (tertiary alicyclic amines) is 1. The molecule has 0 aliphatic carbocycles. The zero-order chi connectivity index (χ0) is 23.7. The summed E-state index contributed by atoms with van der Waals surface area (Å²) in [6, 6.07) is -1.31. The van der Waals surface area contributed by atoms with E-state index in [1.165, 1.54) is 0 Å². The van der Waals surface area contributed by atoms with Crippen LogP contribution in [0, 0.1) is 11.8 Å². The normalized spacial score (nSPS) is 20.8. The van der Waals surface area contributed by atoms with Crippen molar-refractivity contribution in [3.8, 4) is 0 Å². The summed E-state index contributed by atoms with van der Waals surface area (Å²) in [5, 5.41) is 17.5. The van der Waals surface area contributed by atoms with E-state index < -0.39 is 23.7 Å². The fourth-order valence-electron chi connectivity index (χ4n) is 4.07. The average molecular weight is 455 g/mol. The van der Waals surface area contributed by atoms with Crippen molar-refractivity contribution in [2.75, 3.05) is 32.7 Å². The Kier molecular flexibility index (Phi) is 9.74. The van der Waals surface area contributed by atoms with Crippen LogP contribution in [0.25, 0.3) is 0 Å². The van der Waals surface area contributed by atoms with Gasteiger partial charge >= 0.3 is 12.1 Å². The number of alkyl carbamates (subject to hydrolysis) is 1. The van der Waals surface area contributed by atoms with Crippen LogP contribution >= 0.6 is 0 Å². The van der Waals surface area contributed by atoms with Crippen LogP contribution in [0.5, 0.6) is 0 Å². The Morgan fingerprint density at radius 1 is 1.16 bits per heavy atom. The van der Waals surface area contributed by atoms with E-state index in [0.29, 0.717) is 31.8 Å². The largest absolute Gasteiger partial charge is 0.480 e. The molecule has 4 N–H and O–H groups in total. The number of rotatable bonds is 8. The Bertz CT molecular complexity index is 672. The van der Waals surface area contributed by atoms with Crippen molar-refractivity contribution < 1.29 is 29.0 Å². The molecule has 3 amide bonds. The summed E-state index contributed by atoms with van der Waals surface area (Å²) in [6.45, 7) is 7.76. The van der Waals surface area contributed by atoms with Crippen molar-refractivity contribution in [2.24, 2.45) is 11.8 Å². The SMILES string of the molecule is CC(C)(C)OC(=O)NC(CNC(=O)[C@@H]1CCCN(C(=O)CCC2CCNCC2)C1)C(=O)O. The van der Waals surface area contributed by atoms with Gasteiger partial charge < -0.3 is 30.7 Å². The third-order valence-corrected chi connectivity index (χ3v) is 5.84. The van der Waals surface area contributed by atoms with Gasteiger partial charge in [-0.25, -0.2) is 9.59 Å². The van der Waals surface area contributed by atoms with Gasteiger partial charge in [-0.3, -0.25) is 9.59 Å². The maximum atomic E-state index is 12.6. The first-order valence-corrected chi connectivity index (χ1v) is 11.5. The number of hydrogen-bond donors (Lipinski definition) is 4. The highest BCUT2D eigenvalue weighted by Gasteiger charge is 2.30. The second-order valence-corrected chi connectivity index (χ2v) is 9.69. The molecule has 0 aromatic carbocycles. The highest BCUT2D eigenvalue weighted by Crippen LogP contribution is 2.21. The molecule has 32 heavy (non-hydrogen) atoms. The number of hydrogen-bond acceptors (Lipinski definition) is 6. The summed E-state index contributed by atoms with van der Waals surface area (Å²) in [4.78, 5) is 50.3. The first-order chi connectivity index (χ1) is 15.0. The van der Waals surface area contributed by atoms with Crippen LogP contribution in [0.15, 0.2) is 0 Å². The van der Waals surface area contributed by atoms with E-state index in [2.05, 4.69) is 16.0 Å². The van der Waals surface area contributed by atoms with E-state index in [0.717, 1.165) is 38.8 Å². The average Bonchev–Trinajstić information content (AvgIpc) is 2.74. The summed E-state index contributed by atoms with van der Waals surface area (Å²) < 4.78 is 5.07. The number of carboxylic acid groups (broad SMARTS) is 1. The maximum Gasteiger partial charge on any atom is 0.408 e. The molecule has 2 heterocycles. The molecule has 10 heteroatoms. The maximum absolute atomic E-state index is 12.6. The number of nitrogens with one attached hydrogen (secondary N) is 3. The molecule has 0 aromatic rings. The predicted molar refractivity (Wildman–Crippen MR) is 118 cm³/mol. The van der Waals surface area contributed by atoms with Crippen molar-refractivity contribution in [3.63, 3.8) is 0 Å². The van der Waals surface area contributed by atoms with Crippen LogP contribution in [-0.2, 0) is 19.1 Å². The van der Waals surface area contributed by atoms with Gasteiger partial charge in [0, 0.05) is 26.1 Å². The van der Waals surface area contributed by atoms with Crippen LogP contribution in [-0.4, -0.2) is 78.3 Å². The second-order valence-electron chi connectivity index (χ2n) is 9.69. The molecule has 2 atom stereocenters. The third-order valence-electron chi connectivity index (χ3n) is 5.84. The summed E-state index contributed by atoms with van der Waals surface area (Å²) in [5.74, 6) is -1.30. The van der Waals surface area contributed by atoms with Gasteiger partial charge in [-0.05, 0) is 71.9 Å². The molecule has 10 nitrogen and oxygen atoms in total. The van der Waals surface area contributed by atoms with E-state index >= 15 is 0 Å². The number of carbonyl (C=O) groups excluding carboxylic acids is 3. The fourth-order valence-corrected chi connectivity index (χ4v) is 4.07. The van der Waals surface area contributed by atoms with Crippen LogP contribution in [0.4, 0.5) is 4.79 Å². The summed E-state index contributed by atoms with van der Waals surface area (Å²) in [6.07, 6.45) is 4.09. The Labute approximate surface area is 189 Å². The molecule has 0 aromatic heterocycles. The van der Waals surface area contributed by atoms with Gasteiger partial charge in [0.05, 0.1) is 5.92 Å². The Balaban J connectivity index is 1.79. The number of nitrogens with zero attached hydrogens (tertiary/aromatic N) is 1. The topological polar surface area (TPSA) is 137 Å². The molecule has 2 aliphatic rings. The summed E-state index contributed by atoms with van der Waals surface area (Å²) in [5.41, 5.74) is -0.762. The van der Waals surface area contributed by atoms with E-state index in [9.17, 15) is 24.3 Å². The fraction of sp³-hybridized carbons (Fsp3) is 0.818. The predicted octanol–water partition coefficient (Wildman–Crippen LogP) is 1.10. The summed E-state index contributed by atoms with van der Waals surface area (Å²) in [7, 11) is 0. The molecule has 1 unspecified atom stereocenters. The van der Waals surface area contributed by atoms with E-state index in [1.54, 1.807) is 25.7 Å². The van der Waals surface area contributed by atoms with Crippen LogP contribution in [0.1, 0.15) is 59.3 Å². The highest BCUT2D eigenvalue weighted by molar-refractivity contribution is 5.83. The Hall–Kier alpha value is -2.36. The van der Waals surface area contributed by atoms with Crippen molar-refractivity contribution in [1.29, 1.82) is 0 Å². The molecule has 2 fully saturated rings. The molecule has 0 saturated carbocycles. The number of ether oxygens (including phenoxy) is 1. The molecule has 2 saturated heterocycles. The molecule has 2 rings (SSSR count). The first-order valence-electron chi connectivity index (χ1n) is 11.5. The zero-order valence-electron chi connectivity index (χ0n) is 19.4. The van der Waals surface area contributed by atoms with Crippen LogP contribution in [0.3, 0.4) is 0 Å². The monoisotopic (exact) mass is 454 g/mol. The van der Waals surface area contributed by atoms with Crippen molar-refractivity contribution in [2.45, 2.75) is 70.9 Å². The van der Waals surface area contributed by atoms with Gasteiger partial charge in [-0.2, -0.15) is 0 Å². The Morgan fingerprint density at radius 2 is 1.84 bits per heavy atom. The first kappa shape index (κ1) is 25.9. The lowest BCUT2D eigenvalue weighted by molar-refractivity contribution is -0.139. The van der Waals surface area contributed by atoms with E-state index in [1.807, 2.05) is 0 Å². The highest BCUT2D eigenvalue weighted by atomic mass is 16.6. The lowest BCUT2D eigenvalue weighted by Gasteiger charge is -2.33. The number of aliphatic carboxylic acids is 1. The number of carboxylic acids is 1. The van der Waals surface area contributed by atoms with E-state index in [4.69, 9.17) is 4.74 Å². The van der Waals surface area contributed by atoms with E-state index in [-0.39, 0.29) is 24.3 Å². The quantitative estimate of drug-likeness (QED) is 0.431. The molecular weight excluding hydrogens is 416 g/mol. The molecule has 0 bridgehead atoms. The van der Waals surface area contributed by atoms with Gasteiger partial charge in [-0.1, -0.05) is 0 Å². The third kappa shape index (κ3) is 9.02. The van der Waals surface area contributed by atoms with Gasteiger partial charge in [-0.15, -0.1) is 0 Å². The summed E-state index contributed by atoms with van der Waals surface area (Å²) >= 11 is 0. The van der Waals surface area contributed by atoms with Crippen LogP contribution < -0.4 is 16.0 Å². The van der Waals surface area contributed by atoms with Gasteiger partial charge in [0.25, 0.3) is 0 Å². The minimum absolute atomic E-state index is 0.0797. The minimum Gasteiger partial charge on any atom is -0.480 e. The molecular formula is C22H38N4O6. The van der Waals surface area contributed by atoms with Crippen molar-refractivity contribution in [3.05, 3.63) is 0 Å². The standard InChI is InChI=1S/C22H38N4O6/c1-22(2,3)32-21(31)25-17(20(29)30)13-24-19(28)16-5-4-12-26(14-16)18(27)7-6-15-8-10-23-11-9-15/h15-17,23H,4-14H2,1-3H3,(H,24,28)(H,25,31)(H,29,30)/t16-,17?/m1/s1. The van der Waals surface area contributed by atoms with Gasteiger partial charge in [0.15, 0.2) is 0 Å². The smallest absolute Gasteiger partial charge is 0.408 e. The number of piperidine rings is 2.